The summed E-state index contributed by atoms with van der Waals surface area (Å²) < 4.78 is 28.5. The van der Waals surface area contributed by atoms with E-state index in [1.807, 2.05) is 50.2 Å². The monoisotopic (exact) mass is 398 g/mol. The first-order chi connectivity index (χ1) is 13.3. The Bertz CT molecular complexity index is 1070. The fraction of sp³-hybridized carbons (Fsp3) is 0.200. The Morgan fingerprint density at radius 2 is 1.86 bits per heavy atom. The highest BCUT2D eigenvalue weighted by atomic mass is 32.2. The molecule has 0 fully saturated rings. The Hall–Kier alpha value is -2.97. The molecule has 1 heterocycles. The smallest absolute Gasteiger partial charge is 0.213 e. The first kappa shape index (κ1) is 19.8. The summed E-state index contributed by atoms with van der Waals surface area (Å²) in [5, 5.41) is 8.30. The van der Waals surface area contributed by atoms with Gasteiger partial charge in [0.05, 0.1) is 17.6 Å². The first-order valence-corrected chi connectivity index (χ1v) is 10.5. The van der Waals surface area contributed by atoms with E-state index in [0.717, 1.165) is 17.0 Å². The highest BCUT2D eigenvalue weighted by molar-refractivity contribution is 7.88. The van der Waals surface area contributed by atoms with E-state index in [1.165, 1.54) is 6.33 Å². The standard InChI is InChI=1S/C20H22N4O3S/c1-14(2)27-19-9-4-3-8-17(19)18-11-20(23-13-22-18)24-16-7-5-6-15(10-16)12-28(21,25)26/h3-11,13-14H,12H2,1-2H3,(H2,21,25,26)(H,22,23,24). The number of aromatic nitrogens is 2. The zero-order chi connectivity index (χ0) is 20.1. The van der Waals surface area contributed by atoms with Crippen LogP contribution in [0, 0.1) is 0 Å². The second-order valence-corrected chi connectivity index (χ2v) is 8.20. The van der Waals surface area contributed by atoms with Gasteiger partial charge in [-0.3, -0.25) is 0 Å². The van der Waals surface area contributed by atoms with Crippen LogP contribution in [0.5, 0.6) is 5.75 Å². The maximum absolute atomic E-state index is 11.3. The van der Waals surface area contributed by atoms with Gasteiger partial charge in [-0.25, -0.2) is 23.5 Å². The van der Waals surface area contributed by atoms with Crippen LogP contribution in [0.4, 0.5) is 11.5 Å². The zero-order valence-electron chi connectivity index (χ0n) is 15.7. The number of primary sulfonamides is 1. The van der Waals surface area contributed by atoms with Crippen LogP contribution in [0.2, 0.25) is 0 Å². The van der Waals surface area contributed by atoms with Gasteiger partial charge in [0.15, 0.2) is 0 Å². The van der Waals surface area contributed by atoms with Crippen LogP contribution in [-0.4, -0.2) is 24.5 Å². The molecule has 3 N–H and O–H groups in total. The summed E-state index contributed by atoms with van der Waals surface area (Å²) in [5.74, 6) is 1.10. The number of benzene rings is 2. The van der Waals surface area contributed by atoms with Gasteiger partial charge in [-0.1, -0.05) is 24.3 Å². The Morgan fingerprint density at radius 1 is 1.07 bits per heavy atom. The average Bonchev–Trinajstić information content (AvgIpc) is 2.61. The van der Waals surface area contributed by atoms with Gasteiger partial charge in [-0.15, -0.1) is 0 Å². The van der Waals surface area contributed by atoms with Crippen molar-refractivity contribution in [2.24, 2.45) is 5.14 Å². The highest BCUT2D eigenvalue weighted by Gasteiger charge is 2.10. The maximum Gasteiger partial charge on any atom is 0.213 e. The third kappa shape index (κ3) is 5.51. The molecule has 8 heteroatoms. The number of nitrogens with zero attached hydrogens (tertiary/aromatic N) is 2. The Morgan fingerprint density at radius 3 is 2.61 bits per heavy atom. The lowest BCUT2D eigenvalue weighted by molar-refractivity contribution is 0.243. The summed E-state index contributed by atoms with van der Waals surface area (Å²) in [6, 6.07) is 16.5. The number of rotatable bonds is 7. The van der Waals surface area contributed by atoms with Crippen molar-refractivity contribution in [3.63, 3.8) is 0 Å². The summed E-state index contributed by atoms with van der Waals surface area (Å²) >= 11 is 0. The van der Waals surface area contributed by atoms with Crippen molar-refractivity contribution in [2.45, 2.75) is 25.7 Å². The minimum Gasteiger partial charge on any atom is -0.490 e. The van der Waals surface area contributed by atoms with Crippen molar-refractivity contribution in [1.82, 2.24) is 9.97 Å². The fourth-order valence-electron chi connectivity index (χ4n) is 2.73. The SMILES string of the molecule is CC(C)Oc1ccccc1-c1cc(Nc2cccc(CS(N)(=O)=O)c2)ncn1. The lowest BCUT2D eigenvalue weighted by Crippen LogP contribution is -2.14. The number of ether oxygens (including phenoxy) is 1. The van der Waals surface area contributed by atoms with Gasteiger partial charge in [0.2, 0.25) is 10.0 Å². The van der Waals surface area contributed by atoms with Crippen LogP contribution in [0.1, 0.15) is 19.4 Å². The molecule has 0 bridgehead atoms. The zero-order valence-corrected chi connectivity index (χ0v) is 16.5. The van der Waals surface area contributed by atoms with Crippen LogP contribution in [-0.2, 0) is 15.8 Å². The van der Waals surface area contributed by atoms with E-state index in [1.54, 1.807) is 18.2 Å². The van der Waals surface area contributed by atoms with E-state index in [-0.39, 0.29) is 11.9 Å². The van der Waals surface area contributed by atoms with E-state index in [0.29, 0.717) is 17.1 Å². The van der Waals surface area contributed by atoms with Gasteiger partial charge >= 0.3 is 0 Å². The molecule has 0 amide bonds. The molecule has 2 aromatic carbocycles. The Labute approximate surface area is 164 Å². The van der Waals surface area contributed by atoms with Gasteiger partial charge in [-0.2, -0.15) is 0 Å². The summed E-state index contributed by atoms with van der Waals surface area (Å²) in [4.78, 5) is 8.61. The van der Waals surface area contributed by atoms with Crippen LogP contribution in [0.3, 0.4) is 0 Å². The number of hydrogen-bond donors (Lipinski definition) is 2. The third-order valence-corrected chi connectivity index (χ3v) is 4.50. The van der Waals surface area contributed by atoms with Crippen molar-refractivity contribution >= 4 is 21.5 Å². The van der Waals surface area contributed by atoms with Crippen molar-refractivity contribution in [3.8, 4) is 17.0 Å². The number of para-hydroxylation sites is 1. The lowest BCUT2D eigenvalue weighted by Gasteiger charge is -2.14. The molecule has 28 heavy (non-hydrogen) atoms. The van der Waals surface area contributed by atoms with Crippen LogP contribution in [0.15, 0.2) is 60.9 Å². The minimum atomic E-state index is -3.59. The lowest BCUT2D eigenvalue weighted by atomic mass is 10.1. The number of anilines is 2. The maximum atomic E-state index is 11.3. The molecule has 0 unspecified atom stereocenters. The number of hydrogen-bond acceptors (Lipinski definition) is 6. The summed E-state index contributed by atoms with van der Waals surface area (Å²) in [6.45, 7) is 3.94. The first-order valence-electron chi connectivity index (χ1n) is 8.75. The third-order valence-electron chi connectivity index (χ3n) is 3.76. The fourth-order valence-corrected chi connectivity index (χ4v) is 3.37. The molecule has 0 atom stereocenters. The number of nitrogens with two attached hydrogens (primary N) is 1. The molecule has 0 aliphatic rings. The van der Waals surface area contributed by atoms with Gasteiger partial charge < -0.3 is 10.1 Å². The highest BCUT2D eigenvalue weighted by Crippen LogP contribution is 2.30. The summed E-state index contributed by atoms with van der Waals surface area (Å²) in [5.41, 5.74) is 2.88. The topological polar surface area (TPSA) is 107 Å². The van der Waals surface area contributed by atoms with Crippen molar-refractivity contribution in [1.29, 1.82) is 0 Å². The quantitative estimate of drug-likeness (QED) is 0.631. The Balaban J connectivity index is 1.86. The number of sulfonamides is 1. The van der Waals surface area contributed by atoms with Gasteiger partial charge in [0.1, 0.15) is 17.9 Å². The molecule has 0 saturated heterocycles. The number of nitrogens with one attached hydrogen (secondary N) is 1. The second-order valence-electron chi connectivity index (χ2n) is 6.58. The average molecular weight is 398 g/mol. The van der Waals surface area contributed by atoms with E-state index in [2.05, 4.69) is 15.3 Å². The molecule has 7 nitrogen and oxygen atoms in total. The van der Waals surface area contributed by atoms with Gasteiger partial charge in [0.25, 0.3) is 0 Å². The molecule has 0 radical (unpaired) electrons. The largest absolute Gasteiger partial charge is 0.490 e. The van der Waals surface area contributed by atoms with E-state index < -0.39 is 10.0 Å². The molecule has 1 aromatic heterocycles. The van der Waals surface area contributed by atoms with Crippen LogP contribution >= 0.6 is 0 Å². The Kier molecular flexibility index (Phi) is 5.91. The van der Waals surface area contributed by atoms with E-state index in [9.17, 15) is 8.42 Å². The van der Waals surface area contributed by atoms with Crippen molar-refractivity contribution < 1.29 is 13.2 Å². The molecule has 146 valence electrons. The van der Waals surface area contributed by atoms with E-state index in [4.69, 9.17) is 9.88 Å². The molecule has 3 rings (SSSR count). The van der Waals surface area contributed by atoms with E-state index >= 15 is 0 Å². The van der Waals surface area contributed by atoms with Gasteiger partial charge in [0, 0.05) is 17.3 Å². The van der Waals surface area contributed by atoms with Crippen LogP contribution in [0.25, 0.3) is 11.3 Å². The second kappa shape index (κ2) is 8.37. The molecule has 0 saturated carbocycles. The summed E-state index contributed by atoms with van der Waals surface area (Å²) in [6.07, 6.45) is 1.51. The molecular formula is C20H22N4O3S. The van der Waals surface area contributed by atoms with Gasteiger partial charge in [-0.05, 0) is 43.7 Å². The molecule has 0 spiro atoms. The molecule has 0 aliphatic carbocycles. The van der Waals surface area contributed by atoms with Crippen LogP contribution < -0.4 is 15.2 Å². The predicted molar refractivity (Wildman–Crippen MR) is 110 cm³/mol. The van der Waals surface area contributed by atoms with Crippen molar-refractivity contribution in [3.05, 3.63) is 66.5 Å². The molecule has 0 aliphatic heterocycles. The minimum absolute atomic E-state index is 0.0437. The summed E-state index contributed by atoms with van der Waals surface area (Å²) in [7, 11) is -3.59. The molecule has 3 aromatic rings. The predicted octanol–water partition coefficient (Wildman–Crippen LogP) is 3.46. The normalized spacial score (nSPS) is 11.4. The van der Waals surface area contributed by atoms with Crippen molar-refractivity contribution in [2.75, 3.05) is 5.32 Å². The molecular weight excluding hydrogens is 376 g/mol.